The Kier molecular flexibility index (Phi) is 20.0. The van der Waals surface area contributed by atoms with Gasteiger partial charge in [0.2, 0.25) is 5.60 Å². The van der Waals surface area contributed by atoms with E-state index in [9.17, 15) is 34.6 Å². The van der Waals surface area contributed by atoms with Gasteiger partial charge in [-0.2, -0.15) is 15.6 Å². The van der Waals surface area contributed by atoms with Gasteiger partial charge in [0, 0.05) is 18.7 Å². The van der Waals surface area contributed by atoms with Crippen LogP contribution in [0.3, 0.4) is 0 Å². The van der Waals surface area contributed by atoms with Crippen molar-refractivity contribution >= 4 is 19.0 Å². The molecule has 0 aliphatic carbocycles. The summed E-state index contributed by atoms with van der Waals surface area (Å²) in [6.45, 7) is 2.05. The number of unbranched alkanes of at least 4 members (excludes halogenated alkanes) is 15. The van der Waals surface area contributed by atoms with E-state index >= 15 is 0 Å². The molecule has 0 spiro atoms. The molecule has 320 valence electrons. The second-order valence-corrected chi connectivity index (χ2v) is 17.0. The van der Waals surface area contributed by atoms with Crippen LogP contribution in [-0.4, -0.2) is 69.5 Å². The normalized spacial score (nSPS) is 20.8. The summed E-state index contributed by atoms with van der Waals surface area (Å²) < 4.78 is 50.9. The number of nitriles is 2. The highest BCUT2D eigenvalue weighted by atomic mass is 31.2. The van der Waals surface area contributed by atoms with E-state index in [1.165, 1.54) is 106 Å². The minimum atomic E-state index is -4.74. The standard InChI is InChI=1S/C43H63FN5O8P/c1-2-3-4-5-6-7-8-9-10-11-12-13-14-15-16-17-24-54-29-34(19-18-33-25-35(28-45)27-36(44)26-33)30-55-58(52,53)56-31-39-41(50)42(51)43(32-46,57-39)40-21-20-38-37(47)22-23-48-49(38)40/h20-23,25-27,34,39,41-42,50-51H,2-19,24,29-31,47H2,1H3,(H,52,53)/t34-,39-,41-,42-,43+/m1/s1. The fourth-order valence-electron chi connectivity index (χ4n) is 7.49. The molecule has 5 N–H and O–H groups in total. The number of rotatable bonds is 29. The number of aliphatic hydroxyl groups is 2. The minimum Gasteiger partial charge on any atom is -0.397 e. The lowest BCUT2D eigenvalue weighted by atomic mass is 9.92. The van der Waals surface area contributed by atoms with Gasteiger partial charge in [-0.05, 0) is 61.2 Å². The molecular formula is C43H63FN5O8P. The third-order valence-electron chi connectivity index (χ3n) is 10.9. The molecule has 0 saturated carbocycles. The Morgan fingerprint density at radius 2 is 1.57 bits per heavy atom. The molecule has 3 aromatic rings. The van der Waals surface area contributed by atoms with Gasteiger partial charge in [0.1, 0.15) is 30.2 Å². The molecule has 1 saturated heterocycles. The van der Waals surface area contributed by atoms with Crippen LogP contribution in [0.5, 0.6) is 0 Å². The fraction of sp³-hybridized carbons (Fsp3) is 0.651. The average molecular weight is 828 g/mol. The largest absolute Gasteiger partial charge is 0.472 e. The van der Waals surface area contributed by atoms with E-state index in [-0.39, 0.29) is 30.4 Å². The van der Waals surface area contributed by atoms with Crippen molar-refractivity contribution in [2.75, 3.05) is 32.2 Å². The molecule has 15 heteroatoms. The summed E-state index contributed by atoms with van der Waals surface area (Å²) in [5.41, 5.74) is 5.67. The first-order chi connectivity index (χ1) is 28.0. The molecule has 1 aromatic carbocycles. The number of nitrogen functional groups attached to an aromatic ring is 1. The first-order valence-corrected chi connectivity index (χ1v) is 22.6. The van der Waals surface area contributed by atoms with Crippen LogP contribution in [0.2, 0.25) is 0 Å². The summed E-state index contributed by atoms with van der Waals surface area (Å²) >= 11 is 0. The zero-order valence-corrected chi connectivity index (χ0v) is 34.9. The van der Waals surface area contributed by atoms with Gasteiger partial charge in [-0.25, -0.2) is 13.5 Å². The van der Waals surface area contributed by atoms with Crippen molar-refractivity contribution in [3.63, 3.8) is 0 Å². The van der Waals surface area contributed by atoms with Crippen molar-refractivity contribution in [3.05, 3.63) is 65.2 Å². The predicted octanol–water partition coefficient (Wildman–Crippen LogP) is 8.43. The predicted molar refractivity (Wildman–Crippen MR) is 219 cm³/mol. The molecule has 4 rings (SSSR count). The molecule has 13 nitrogen and oxygen atoms in total. The van der Waals surface area contributed by atoms with E-state index in [1.54, 1.807) is 18.2 Å². The number of phosphoric acid groups is 1. The number of hydrogen-bond acceptors (Lipinski definition) is 11. The number of halogens is 1. The van der Waals surface area contributed by atoms with E-state index in [1.807, 2.05) is 12.1 Å². The van der Waals surface area contributed by atoms with Crippen molar-refractivity contribution in [2.45, 2.75) is 146 Å². The Labute approximate surface area is 342 Å². The number of nitrogens with zero attached hydrogens (tertiary/aromatic N) is 4. The number of ether oxygens (including phenoxy) is 2. The van der Waals surface area contributed by atoms with E-state index < -0.39 is 44.2 Å². The minimum absolute atomic E-state index is 0.109. The molecule has 1 unspecified atom stereocenters. The molecule has 1 fully saturated rings. The fourth-order valence-corrected chi connectivity index (χ4v) is 8.30. The third kappa shape index (κ3) is 14.4. The quantitative estimate of drug-likeness (QED) is 0.0384. The number of benzene rings is 1. The zero-order chi connectivity index (χ0) is 41.8. The van der Waals surface area contributed by atoms with Crippen LogP contribution in [0.15, 0.2) is 42.6 Å². The second-order valence-electron chi connectivity index (χ2n) is 15.5. The third-order valence-corrected chi connectivity index (χ3v) is 11.8. The van der Waals surface area contributed by atoms with Gasteiger partial charge in [-0.1, -0.05) is 103 Å². The Bertz CT molecular complexity index is 1820. The Hall–Kier alpha value is -3.43. The van der Waals surface area contributed by atoms with Crippen LogP contribution in [0, 0.1) is 34.4 Å². The lowest BCUT2D eigenvalue weighted by Gasteiger charge is -2.24. The van der Waals surface area contributed by atoms with E-state index in [4.69, 9.17) is 24.3 Å². The molecule has 0 radical (unpaired) electrons. The SMILES string of the molecule is CCCCCCCCCCCCCCCCCCOC[C@@H](CCc1cc(F)cc(C#N)c1)COP(=O)(O)OC[C@H]1O[C@@](C#N)(c2ccc3c(N)ccnn23)[C@H](O)[C@@H]1O. The molecular weight excluding hydrogens is 764 g/mol. The molecule has 1 aliphatic rings. The van der Waals surface area contributed by atoms with Crippen LogP contribution in [0.25, 0.3) is 5.52 Å². The van der Waals surface area contributed by atoms with Crippen LogP contribution in [0.4, 0.5) is 10.1 Å². The van der Waals surface area contributed by atoms with Crippen molar-refractivity contribution < 1.29 is 42.6 Å². The summed E-state index contributed by atoms with van der Waals surface area (Å²) in [5.74, 6) is -0.912. The summed E-state index contributed by atoms with van der Waals surface area (Å²) in [4.78, 5) is 10.6. The van der Waals surface area contributed by atoms with Gasteiger partial charge in [-0.15, -0.1) is 0 Å². The topological polar surface area (TPSA) is 206 Å². The number of aromatic nitrogens is 2. The van der Waals surface area contributed by atoms with E-state index in [0.29, 0.717) is 36.2 Å². The maximum atomic E-state index is 14.1. The molecule has 58 heavy (non-hydrogen) atoms. The van der Waals surface area contributed by atoms with Crippen molar-refractivity contribution in [3.8, 4) is 12.1 Å². The number of nitrogens with two attached hydrogens (primary N) is 1. The Morgan fingerprint density at radius 1 is 0.931 bits per heavy atom. The van der Waals surface area contributed by atoms with Crippen LogP contribution >= 0.6 is 7.82 Å². The average Bonchev–Trinajstić information content (AvgIpc) is 3.76. The summed E-state index contributed by atoms with van der Waals surface area (Å²) in [5, 5.41) is 45.5. The number of aryl methyl sites for hydroxylation is 1. The van der Waals surface area contributed by atoms with Crippen molar-refractivity contribution in [1.82, 2.24) is 9.61 Å². The number of anilines is 1. The molecule has 3 heterocycles. The first-order valence-electron chi connectivity index (χ1n) is 21.1. The second kappa shape index (κ2) is 24.6. The van der Waals surface area contributed by atoms with E-state index in [2.05, 4.69) is 12.0 Å². The summed E-state index contributed by atoms with van der Waals surface area (Å²) in [6.07, 6.45) is 17.7. The molecule has 0 amide bonds. The molecule has 1 aliphatic heterocycles. The van der Waals surface area contributed by atoms with Gasteiger partial charge in [-0.3, -0.25) is 9.05 Å². The molecule has 0 bridgehead atoms. The van der Waals surface area contributed by atoms with Gasteiger partial charge >= 0.3 is 7.82 Å². The number of hydrogen-bond donors (Lipinski definition) is 4. The van der Waals surface area contributed by atoms with Crippen molar-refractivity contribution in [2.24, 2.45) is 5.92 Å². The van der Waals surface area contributed by atoms with Crippen LogP contribution in [-0.2, 0) is 35.1 Å². The first kappa shape index (κ1) is 47.3. The smallest absolute Gasteiger partial charge is 0.397 e. The van der Waals surface area contributed by atoms with Crippen LogP contribution in [0.1, 0.15) is 133 Å². The summed E-state index contributed by atoms with van der Waals surface area (Å²) in [6, 6.07) is 12.6. The highest BCUT2D eigenvalue weighted by molar-refractivity contribution is 7.47. The lowest BCUT2D eigenvalue weighted by Crippen LogP contribution is -2.41. The van der Waals surface area contributed by atoms with Gasteiger partial charge in [0.15, 0.2) is 0 Å². The van der Waals surface area contributed by atoms with Gasteiger partial charge in [0.25, 0.3) is 0 Å². The Morgan fingerprint density at radius 3 is 2.19 bits per heavy atom. The monoisotopic (exact) mass is 827 g/mol. The Balaban J connectivity index is 1.20. The molecule has 2 aromatic heterocycles. The van der Waals surface area contributed by atoms with E-state index in [0.717, 1.165) is 25.3 Å². The highest BCUT2D eigenvalue weighted by Crippen LogP contribution is 2.46. The van der Waals surface area contributed by atoms with Gasteiger partial charge in [0.05, 0.1) is 48.4 Å². The molecule has 6 atom stereocenters. The summed E-state index contributed by atoms with van der Waals surface area (Å²) in [7, 11) is -4.74. The maximum absolute atomic E-state index is 14.1. The van der Waals surface area contributed by atoms with Crippen LogP contribution < -0.4 is 5.73 Å². The van der Waals surface area contributed by atoms with Crippen molar-refractivity contribution in [1.29, 1.82) is 10.5 Å². The lowest BCUT2D eigenvalue weighted by molar-refractivity contribution is -0.0647. The number of fused-ring (bicyclic) bond motifs is 1. The number of aliphatic hydroxyl groups excluding tert-OH is 2. The number of phosphoric ester groups is 1. The highest BCUT2D eigenvalue weighted by Gasteiger charge is 2.58. The zero-order valence-electron chi connectivity index (χ0n) is 34.0. The van der Waals surface area contributed by atoms with Gasteiger partial charge < -0.3 is 30.3 Å². The maximum Gasteiger partial charge on any atom is 0.472 e.